The Bertz CT molecular complexity index is 1130. The van der Waals surface area contributed by atoms with Crippen molar-refractivity contribution in [1.29, 1.82) is 0 Å². The largest absolute Gasteiger partial charge is 0.493 e. The van der Waals surface area contributed by atoms with Crippen molar-refractivity contribution in [3.63, 3.8) is 0 Å². The van der Waals surface area contributed by atoms with Crippen molar-refractivity contribution in [2.75, 3.05) is 20.8 Å². The first-order valence-electron chi connectivity index (χ1n) is 10.1. The Balaban J connectivity index is 1.44. The van der Waals surface area contributed by atoms with Crippen molar-refractivity contribution in [2.24, 2.45) is 0 Å². The highest BCUT2D eigenvalue weighted by Crippen LogP contribution is 2.30. The van der Waals surface area contributed by atoms with E-state index in [1.165, 1.54) is 13.4 Å². The van der Waals surface area contributed by atoms with Gasteiger partial charge in [0.1, 0.15) is 0 Å². The second-order valence-electron chi connectivity index (χ2n) is 7.46. The molecule has 158 valence electrons. The van der Waals surface area contributed by atoms with Crippen LogP contribution in [0.15, 0.2) is 41.6 Å². The zero-order chi connectivity index (χ0) is 21.3. The van der Waals surface area contributed by atoms with Gasteiger partial charge in [-0.3, -0.25) is 14.2 Å². The lowest BCUT2D eigenvalue weighted by Crippen LogP contribution is -2.40. The van der Waals surface area contributed by atoms with Crippen LogP contribution in [-0.2, 0) is 17.9 Å². The van der Waals surface area contributed by atoms with Gasteiger partial charge < -0.3 is 18.9 Å². The molecule has 0 N–H and O–H groups in total. The van der Waals surface area contributed by atoms with Gasteiger partial charge in [0.05, 0.1) is 37.5 Å². The van der Waals surface area contributed by atoms with E-state index in [-0.39, 0.29) is 17.5 Å². The van der Waals surface area contributed by atoms with Gasteiger partial charge >= 0.3 is 0 Å². The molecule has 0 saturated heterocycles. The number of benzene rings is 1. The van der Waals surface area contributed by atoms with Crippen LogP contribution in [0.1, 0.15) is 31.5 Å². The van der Waals surface area contributed by atoms with Crippen molar-refractivity contribution in [2.45, 2.75) is 38.9 Å². The molecule has 1 amide bonds. The Morgan fingerprint density at radius 1 is 1.20 bits per heavy atom. The molecule has 3 aromatic rings. The fourth-order valence-electron chi connectivity index (χ4n) is 4.11. The first kappa shape index (κ1) is 20.0. The second-order valence-corrected chi connectivity index (χ2v) is 7.46. The summed E-state index contributed by atoms with van der Waals surface area (Å²) in [4.78, 5) is 31.9. The van der Waals surface area contributed by atoms with Gasteiger partial charge in [0.25, 0.3) is 5.56 Å². The van der Waals surface area contributed by atoms with E-state index in [2.05, 4.69) is 28.7 Å². The third kappa shape index (κ3) is 3.53. The lowest BCUT2D eigenvalue weighted by Gasteiger charge is -2.35. The van der Waals surface area contributed by atoms with Crippen molar-refractivity contribution in [3.05, 3.63) is 52.8 Å². The molecule has 0 aliphatic carbocycles. The number of rotatable bonds is 6. The number of ether oxygens (including phenoxy) is 2. The molecular formula is C22H26N4O4. The maximum atomic E-state index is 12.9. The van der Waals surface area contributed by atoms with E-state index in [9.17, 15) is 9.59 Å². The standard InChI is InChI=1S/C22H26N4O4/c1-15-18-6-4-8-24(18)10-11-26(15)21(27)7-5-9-25-14-23-17-13-20(30-3)19(29-2)12-16(17)22(25)28/h4,6,8,12-15H,5,7,9-11H2,1-3H3. The molecule has 0 spiro atoms. The van der Waals surface area contributed by atoms with Gasteiger partial charge in [-0.05, 0) is 31.5 Å². The number of methoxy groups -OCH3 is 2. The fraction of sp³-hybridized carbons (Fsp3) is 0.409. The summed E-state index contributed by atoms with van der Waals surface area (Å²) >= 11 is 0. The van der Waals surface area contributed by atoms with Crippen LogP contribution in [0.2, 0.25) is 0 Å². The lowest BCUT2D eigenvalue weighted by molar-refractivity contribution is -0.134. The molecule has 30 heavy (non-hydrogen) atoms. The number of amides is 1. The van der Waals surface area contributed by atoms with Gasteiger partial charge in [-0.25, -0.2) is 4.98 Å². The minimum atomic E-state index is -0.155. The zero-order valence-corrected chi connectivity index (χ0v) is 17.5. The predicted molar refractivity (Wildman–Crippen MR) is 113 cm³/mol. The smallest absolute Gasteiger partial charge is 0.261 e. The number of aromatic nitrogens is 3. The monoisotopic (exact) mass is 410 g/mol. The first-order chi connectivity index (χ1) is 14.5. The van der Waals surface area contributed by atoms with E-state index in [0.29, 0.717) is 48.3 Å². The van der Waals surface area contributed by atoms with Gasteiger partial charge in [-0.1, -0.05) is 0 Å². The Labute approximate surface area is 174 Å². The van der Waals surface area contributed by atoms with E-state index < -0.39 is 0 Å². The van der Waals surface area contributed by atoms with Gasteiger partial charge in [-0.2, -0.15) is 0 Å². The van der Waals surface area contributed by atoms with Crippen LogP contribution in [0.25, 0.3) is 10.9 Å². The minimum Gasteiger partial charge on any atom is -0.493 e. The number of hydrogen-bond acceptors (Lipinski definition) is 5. The number of aryl methyl sites for hydroxylation is 1. The third-order valence-corrected chi connectivity index (χ3v) is 5.78. The summed E-state index contributed by atoms with van der Waals surface area (Å²) in [6.45, 7) is 4.02. The molecule has 3 heterocycles. The number of hydrogen-bond donors (Lipinski definition) is 0. The average Bonchev–Trinajstić information content (AvgIpc) is 3.24. The first-order valence-corrected chi connectivity index (χ1v) is 10.1. The number of fused-ring (bicyclic) bond motifs is 2. The molecule has 1 aliphatic heterocycles. The van der Waals surface area contributed by atoms with Crippen LogP contribution >= 0.6 is 0 Å². The van der Waals surface area contributed by atoms with Crippen molar-refractivity contribution < 1.29 is 14.3 Å². The molecule has 0 radical (unpaired) electrons. The maximum Gasteiger partial charge on any atom is 0.261 e. The van der Waals surface area contributed by atoms with Crippen LogP contribution in [-0.4, -0.2) is 45.7 Å². The summed E-state index contributed by atoms with van der Waals surface area (Å²) in [6.07, 6.45) is 4.54. The summed E-state index contributed by atoms with van der Waals surface area (Å²) < 4.78 is 14.3. The highest BCUT2D eigenvalue weighted by atomic mass is 16.5. The van der Waals surface area contributed by atoms with Gasteiger partial charge in [0, 0.05) is 44.0 Å². The molecule has 0 saturated carbocycles. The molecule has 8 heteroatoms. The van der Waals surface area contributed by atoms with Gasteiger partial charge in [-0.15, -0.1) is 0 Å². The molecule has 8 nitrogen and oxygen atoms in total. The minimum absolute atomic E-state index is 0.0637. The van der Waals surface area contributed by atoms with E-state index >= 15 is 0 Å². The Kier molecular flexibility index (Phi) is 5.48. The molecule has 0 bridgehead atoms. The van der Waals surface area contributed by atoms with E-state index in [1.54, 1.807) is 23.8 Å². The summed E-state index contributed by atoms with van der Waals surface area (Å²) in [6, 6.07) is 7.48. The number of nitrogens with zero attached hydrogens (tertiary/aromatic N) is 4. The molecule has 1 atom stereocenters. The molecule has 0 fully saturated rings. The quantitative estimate of drug-likeness (QED) is 0.624. The topological polar surface area (TPSA) is 78.6 Å². The van der Waals surface area contributed by atoms with Crippen LogP contribution in [0.4, 0.5) is 0 Å². The highest BCUT2D eigenvalue weighted by molar-refractivity contribution is 5.81. The zero-order valence-electron chi connectivity index (χ0n) is 17.5. The molecule has 4 rings (SSSR count). The van der Waals surface area contributed by atoms with Gasteiger partial charge in [0.15, 0.2) is 11.5 Å². The number of carbonyl (C=O) groups is 1. The van der Waals surface area contributed by atoms with Crippen molar-refractivity contribution in [3.8, 4) is 11.5 Å². The third-order valence-electron chi connectivity index (χ3n) is 5.78. The molecule has 1 aliphatic rings. The molecule has 1 unspecified atom stereocenters. The number of carbonyl (C=O) groups excluding carboxylic acids is 1. The summed E-state index contributed by atoms with van der Waals surface area (Å²) in [5.74, 6) is 1.13. The van der Waals surface area contributed by atoms with E-state index in [1.807, 2.05) is 11.0 Å². The Morgan fingerprint density at radius 2 is 1.97 bits per heavy atom. The van der Waals surface area contributed by atoms with Crippen LogP contribution < -0.4 is 15.0 Å². The van der Waals surface area contributed by atoms with E-state index in [4.69, 9.17) is 9.47 Å². The van der Waals surface area contributed by atoms with E-state index in [0.717, 1.165) is 12.2 Å². The van der Waals surface area contributed by atoms with Crippen molar-refractivity contribution >= 4 is 16.8 Å². The normalized spacial score (nSPS) is 15.8. The Morgan fingerprint density at radius 3 is 2.73 bits per heavy atom. The van der Waals surface area contributed by atoms with Gasteiger partial charge in [0.2, 0.25) is 5.91 Å². The van der Waals surface area contributed by atoms with Crippen LogP contribution in [0.3, 0.4) is 0 Å². The van der Waals surface area contributed by atoms with Crippen LogP contribution in [0, 0.1) is 0 Å². The fourth-order valence-corrected chi connectivity index (χ4v) is 4.11. The maximum absolute atomic E-state index is 12.9. The van der Waals surface area contributed by atoms with Crippen LogP contribution in [0.5, 0.6) is 11.5 Å². The summed E-state index contributed by atoms with van der Waals surface area (Å²) in [7, 11) is 3.07. The highest BCUT2D eigenvalue weighted by Gasteiger charge is 2.26. The Hall–Kier alpha value is -3.29. The molecular weight excluding hydrogens is 384 g/mol. The molecule has 2 aromatic heterocycles. The lowest BCUT2D eigenvalue weighted by atomic mass is 10.1. The summed E-state index contributed by atoms with van der Waals surface area (Å²) in [5.41, 5.74) is 1.56. The predicted octanol–water partition coefficient (Wildman–Crippen LogP) is 2.60. The summed E-state index contributed by atoms with van der Waals surface area (Å²) in [5, 5.41) is 0.465. The van der Waals surface area contributed by atoms with Crippen molar-refractivity contribution in [1.82, 2.24) is 19.0 Å². The average molecular weight is 410 g/mol. The molecule has 1 aromatic carbocycles. The SMILES string of the molecule is COc1cc2ncn(CCCC(=O)N3CCn4cccc4C3C)c(=O)c2cc1OC. The second kappa shape index (κ2) is 8.22.